The fourth-order valence-electron chi connectivity index (χ4n) is 2.16. The summed E-state index contributed by atoms with van der Waals surface area (Å²) in [5.41, 5.74) is 2.59. The Morgan fingerprint density at radius 1 is 1.05 bits per heavy atom. The van der Waals surface area contributed by atoms with E-state index in [0.29, 0.717) is 5.92 Å². The molecule has 0 aliphatic carbocycles. The Kier molecular flexibility index (Phi) is 5.19. The highest BCUT2D eigenvalue weighted by molar-refractivity contribution is 5.35. The molecule has 0 radical (unpaired) electrons. The Balaban J connectivity index is 2.08. The molecule has 2 aromatic rings. The van der Waals surface area contributed by atoms with Gasteiger partial charge in [0, 0.05) is 6.54 Å². The van der Waals surface area contributed by atoms with Crippen LogP contribution in [0.25, 0.3) is 0 Å². The molecule has 1 atom stereocenters. The number of hydrogen-bond acceptors (Lipinski definition) is 2. The van der Waals surface area contributed by atoms with Crippen molar-refractivity contribution in [2.75, 3.05) is 7.05 Å². The van der Waals surface area contributed by atoms with Crippen molar-refractivity contribution in [3.63, 3.8) is 0 Å². The summed E-state index contributed by atoms with van der Waals surface area (Å²) in [7, 11) is 1.95. The SMILES string of the molecule is CCC(C)c1ccc(Oc2cccc(CNC)c2)cc1. The Labute approximate surface area is 121 Å². The minimum absolute atomic E-state index is 0.600. The van der Waals surface area contributed by atoms with E-state index in [1.165, 1.54) is 11.1 Å². The molecular formula is C18H23NO. The highest BCUT2D eigenvalue weighted by atomic mass is 16.5. The van der Waals surface area contributed by atoms with E-state index in [9.17, 15) is 0 Å². The summed E-state index contributed by atoms with van der Waals surface area (Å²) in [6.45, 7) is 5.31. The molecule has 0 heterocycles. The molecule has 106 valence electrons. The predicted molar refractivity (Wildman–Crippen MR) is 84.4 cm³/mol. The molecular weight excluding hydrogens is 246 g/mol. The molecule has 2 nitrogen and oxygen atoms in total. The lowest BCUT2D eigenvalue weighted by Crippen LogP contribution is -2.04. The van der Waals surface area contributed by atoms with Crippen LogP contribution < -0.4 is 10.1 Å². The quantitative estimate of drug-likeness (QED) is 0.820. The summed E-state index contributed by atoms with van der Waals surface area (Å²) < 4.78 is 5.91. The van der Waals surface area contributed by atoms with Gasteiger partial charge in [-0.05, 0) is 54.8 Å². The molecule has 0 aliphatic heterocycles. The van der Waals surface area contributed by atoms with Gasteiger partial charge in [-0.25, -0.2) is 0 Å². The normalized spacial score (nSPS) is 12.2. The van der Waals surface area contributed by atoms with Crippen molar-refractivity contribution in [3.8, 4) is 11.5 Å². The molecule has 0 fully saturated rings. The third-order valence-corrected chi connectivity index (χ3v) is 3.58. The van der Waals surface area contributed by atoms with Gasteiger partial charge in [-0.1, -0.05) is 38.1 Å². The Morgan fingerprint density at radius 3 is 2.45 bits per heavy atom. The van der Waals surface area contributed by atoms with Crippen molar-refractivity contribution in [1.29, 1.82) is 0 Å². The monoisotopic (exact) mass is 269 g/mol. The molecule has 2 aromatic carbocycles. The third kappa shape index (κ3) is 3.84. The standard InChI is InChI=1S/C18H23NO/c1-4-14(2)16-8-10-17(11-9-16)20-18-7-5-6-15(12-18)13-19-3/h5-12,14,19H,4,13H2,1-3H3. The number of nitrogens with one attached hydrogen (secondary N) is 1. The van der Waals surface area contributed by atoms with E-state index in [2.05, 4.69) is 43.4 Å². The fraction of sp³-hybridized carbons (Fsp3) is 0.333. The first-order valence-corrected chi connectivity index (χ1v) is 7.24. The zero-order chi connectivity index (χ0) is 14.4. The first-order chi connectivity index (χ1) is 9.72. The summed E-state index contributed by atoms with van der Waals surface area (Å²) in [4.78, 5) is 0. The second kappa shape index (κ2) is 7.11. The van der Waals surface area contributed by atoms with Crippen LogP contribution in [0, 0.1) is 0 Å². The molecule has 0 aliphatic rings. The van der Waals surface area contributed by atoms with Crippen molar-refractivity contribution < 1.29 is 4.74 Å². The van der Waals surface area contributed by atoms with Gasteiger partial charge in [-0.2, -0.15) is 0 Å². The van der Waals surface area contributed by atoms with E-state index in [-0.39, 0.29) is 0 Å². The lowest BCUT2D eigenvalue weighted by Gasteiger charge is -2.11. The number of rotatable bonds is 6. The molecule has 0 saturated heterocycles. The molecule has 0 saturated carbocycles. The van der Waals surface area contributed by atoms with Gasteiger partial charge >= 0.3 is 0 Å². The van der Waals surface area contributed by atoms with Gasteiger partial charge in [-0.15, -0.1) is 0 Å². The first-order valence-electron chi connectivity index (χ1n) is 7.24. The molecule has 1 unspecified atom stereocenters. The van der Waals surface area contributed by atoms with Crippen molar-refractivity contribution in [2.45, 2.75) is 32.7 Å². The lowest BCUT2D eigenvalue weighted by atomic mass is 9.99. The predicted octanol–water partition coefficient (Wildman–Crippen LogP) is 4.71. The minimum atomic E-state index is 0.600. The van der Waals surface area contributed by atoms with Crippen LogP contribution in [0.1, 0.15) is 37.3 Å². The molecule has 1 N–H and O–H groups in total. The molecule has 0 amide bonds. The van der Waals surface area contributed by atoms with Crippen molar-refractivity contribution in [1.82, 2.24) is 5.32 Å². The summed E-state index contributed by atoms with van der Waals surface area (Å²) in [5, 5.41) is 3.15. The average molecular weight is 269 g/mol. The number of hydrogen-bond donors (Lipinski definition) is 1. The maximum Gasteiger partial charge on any atom is 0.127 e. The fourth-order valence-corrected chi connectivity index (χ4v) is 2.16. The Bertz CT molecular complexity index is 533. The zero-order valence-corrected chi connectivity index (χ0v) is 12.5. The van der Waals surface area contributed by atoms with Gasteiger partial charge in [-0.3, -0.25) is 0 Å². The Hall–Kier alpha value is -1.80. The third-order valence-electron chi connectivity index (χ3n) is 3.58. The first kappa shape index (κ1) is 14.6. The van der Waals surface area contributed by atoms with Gasteiger partial charge in [0.1, 0.15) is 11.5 Å². The minimum Gasteiger partial charge on any atom is -0.457 e. The van der Waals surface area contributed by atoms with Crippen LogP contribution in [0.5, 0.6) is 11.5 Å². The average Bonchev–Trinajstić information content (AvgIpc) is 2.48. The summed E-state index contributed by atoms with van der Waals surface area (Å²) in [6.07, 6.45) is 1.16. The van der Waals surface area contributed by atoms with E-state index < -0.39 is 0 Å². The van der Waals surface area contributed by atoms with Gasteiger partial charge in [0.25, 0.3) is 0 Å². The molecule has 2 heteroatoms. The molecule has 2 rings (SSSR count). The van der Waals surface area contributed by atoms with E-state index in [1.54, 1.807) is 0 Å². The summed E-state index contributed by atoms with van der Waals surface area (Å²) in [6, 6.07) is 16.6. The van der Waals surface area contributed by atoms with Gasteiger partial charge in [0.15, 0.2) is 0 Å². The Morgan fingerprint density at radius 2 is 1.80 bits per heavy atom. The largest absolute Gasteiger partial charge is 0.457 e. The molecule has 20 heavy (non-hydrogen) atoms. The van der Waals surface area contributed by atoms with Crippen LogP contribution in [-0.2, 0) is 6.54 Å². The lowest BCUT2D eigenvalue weighted by molar-refractivity contribution is 0.481. The van der Waals surface area contributed by atoms with E-state index in [0.717, 1.165) is 24.5 Å². The van der Waals surface area contributed by atoms with Crippen LogP contribution in [0.4, 0.5) is 0 Å². The number of benzene rings is 2. The van der Waals surface area contributed by atoms with Crippen molar-refractivity contribution >= 4 is 0 Å². The van der Waals surface area contributed by atoms with Crippen LogP contribution in [0.2, 0.25) is 0 Å². The van der Waals surface area contributed by atoms with Gasteiger partial charge < -0.3 is 10.1 Å². The zero-order valence-electron chi connectivity index (χ0n) is 12.5. The van der Waals surface area contributed by atoms with Crippen LogP contribution >= 0.6 is 0 Å². The van der Waals surface area contributed by atoms with Crippen LogP contribution in [-0.4, -0.2) is 7.05 Å². The van der Waals surface area contributed by atoms with E-state index in [4.69, 9.17) is 4.74 Å². The molecule has 0 aromatic heterocycles. The van der Waals surface area contributed by atoms with Crippen LogP contribution in [0.15, 0.2) is 48.5 Å². The highest BCUT2D eigenvalue weighted by Crippen LogP contribution is 2.25. The van der Waals surface area contributed by atoms with Crippen LogP contribution in [0.3, 0.4) is 0 Å². The van der Waals surface area contributed by atoms with Crippen molar-refractivity contribution in [2.24, 2.45) is 0 Å². The second-order valence-corrected chi connectivity index (χ2v) is 5.16. The van der Waals surface area contributed by atoms with Gasteiger partial charge in [0.2, 0.25) is 0 Å². The highest BCUT2D eigenvalue weighted by Gasteiger charge is 2.03. The summed E-state index contributed by atoms with van der Waals surface area (Å²) >= 11 is 0. The number of ether oxygens (including phenoxy) is 1. The maximum absolute atomic E-state index is 5.91. The maximum atomic E-state index is 5.91. The van der Waals surface area contributed by atoms with Gasteiger partial charge in [0.05, 0.1) is 0 Å². The smallest absolute Gasteiger partial charge is 0.127 e. The van der Waals surface area contributed by atoms with E-state index >= 15 is 0 Å². The topological polar surface area (TPSA) is 21.3 Å². The van der Waals surface area contributed by atoms with E-state index in [1.807, 2.05) is 31.3 Å². The second-order valence-electron chi connectivity index (χ2n) is 5.16. The summed E-state index contributed by atoms with van der Waals surface area (Å²) in [5.74, 6) is 2.37. The molecule has 0 bridgehead atoms. The van der Waals surface area contributed by atoms with Crippen molar-refractivity contribution in [3.05, 3.63) is 59.7 Å². The molecule has 0 spiro atoms.